The number of para-hydroxylation sites is 2. The van der Waals surface area contributed by atoms with Crippen LogP contribution in [-0.2, 0) is 0 Å². The lowest BCUT2D eigenvalue weighted by molar-refractivity contribution is -0.0515. The summed E-state index contributed by atoms with van der Waals surface area (Å²) in [6.45, 7) is 2.48. The minimum atomic E-state index is 0.580. The van der Waals surface area contributed by atoms with Crippen molar-refractivity contribution in [1.29, 1.82) is 0 Å². The molecular weight excluding hydrogens is 330 g/mol. The first-order valence-electron chi connectivity index (χ1n) is 11.5. The second kappa shape index (κ2) is 7.31. The van der Waals surface area contributed by atoms with Crippen molar-refractivity contribution >= 4 is 11.4 Å². The van der Waals surface area contributed by atoms with E-state index >= 15 is 0 Å². The topological polar surface area (TPSA) is 41.3 Å². The molecule has 1 aromatic carbocycles. The lowest BCUT2D eigenvalue weighted by Gasteiger charge is -2.56. The van der Waals surface area contributed by atoms with E-state index in [2.05, 4.69) is 29.3 Å². The summed E-state index contributed by atoms with van der Waals surface area (Å²) in [6, 6.07) is 11.3. The molecule has 4 bridgehead atoms. The molecule has 5 rings (SSSR count). The molecule has 2 unspecified atom stereocenters. The molecule has 3 heteroatoms. The van der Waals surface area contributed by atoms with Crippen molar-refractivity contribution in [3.8, 4) is 0 Å². The summed E-state index contributed by atoms with van der Waals surface area (Å²) in [7, 11) is 0. The summed E-state index contributed by atoms with van der Waals surface area (Å²) in [5.41, 5.74) is 8.22. The summed E-state index contributed by atoms with van der Waals surface area (Å²) < 4.78 is 0. The minimum Gasteiger partial charge on any atom is -0.397 e. The molecule has 0 radical (unpaired) electrons. The van der Waals surface area contributed by atoms with Crippen LogP contribution >= 0.6 is 0 Å². The average molecular weight is 368 g/mol. The van der Waals surface area contributed by atoms with Crippen LogP contribution in [0.5, 0.6) is 0 Å². The fraction of sp³-hybridized carbons (Fsp3) is 0.750. The second-order valence-corrected chi connectivity index (χ2v) is 10.3. The molecule has 4 aliphatic rings. The van der Waals surface area contributed by atoms with Gasteiger partial charge in [0, 0.05) is 24.2 Å². The number of fused-ring (bicyclic) bond motifs is 4. The summed E-state index contributed by atoms with van der Waals surface area (Å²) in [5, 5.41) is 3.80. The zero-order valence-corrected chi connectivity index (χ0v) is 16.9. The van der Waals surface area contributed by atoms with E-state index in [0.717, 1.165) is 47.3 Å². The number of rotatable bonds is 3. The Kier molecular flexibility index (Phi) is 4.83. The van der Waals surface area contributed by atoms with Crippen molar-refractivity contribution in [2.45, 2.75) is 95.3 Å². The van der Waals surface area contributed by atoms with Gasteiger partial charge >= 0.3 is 0 Å². The molecule has 2 heterocycles. The van der Waals surface area contributed by atoms with Crippen molar-refractivity contribution in [2.24, 2.45) is 17.8 Å². The zero-order valence-electron chi connectivity index (χ0n) is 16.9. The molecule has 2 saturated carbocycles. The van der Waals surface area contributed by atoms with Crippen molar-refractivity contribution in [3.63, 3.8) is 0 Å². The molecule has 0 spiro atoms. The third-order valence-corrected chi connectivity index (χ3v) is 8.15. The maximum Gasteiger partial charge on any atom is 0.0576 e. The van der Waals surface area contributed by atoms with Gasteiger partial charge in [0.1, 0.15) is 0 Å². The zero-order chi connectivity index (χ0) is 18.4. The number of benzene rings is 1. The summed E-state index contributed by atoms with van der Waals surface area (Å²) in [6.07, 6.45) is 14.4. The van der Waals surface area contributed by atoms with Crippen LogP contribution in [-0.4, -0.2) is 29.1 Å². The van der Waals surface area contributed by atoms with Crippen molar-refractivity contribution < 1.29 is 0 Å². The van der Waals surface area contributed by atoms with Crippen LogP contribution in [0.4, 0.5) is 11.4 Å². The van der Waals surface area contributed by atoms with Crippen molar-refractivity contribution in [3.05, 3.63) is 24.3 Å². The molecule has 0 amide bonds. The smallest absolute Gasteiger partial charge is 0.0576 e. The first kappa shape index (κ1) is 17.8. The highest BCUT2D eigenvalue weighted by molar-refractivity contribution is 5.66. The van der Waals surface area contributed by atoms with Gasteiger partial charge in [-0.05, 0) is 74.8 Å². The highest BCUT2D eigenvalue weighted by atomic mass is 15.2. The molecule has 3 N–H and O–H groups in total. The maximum absolute atomic E-state index is 6.20. The number of piperidine rings is 2. The van der Waals surface area contributed by atoms with E-state index in [9.17, 15) is 0 Å². The standard InChI is InChI=1S/C24H37N3/c1-16-9-20-14-19(26-24-8-3-2-7-23(24)25)15-21(10-16)27(20)22-12-17-5-4-6-18(11-17)13-22/h2-3,7-8,16-22,26H,4-6,9-15,25H2,1H3/t16-,17?,18?,19+,20-,21+,22?. The Morgan fingerprint density at radius 1 is 0.852 bits per heavy atom. The number of nitrogens with zero attached hydrogens (tertiary/aromatic N) is 1. The van der Waals surface area contributed by atoms with Crippen LogP contribution in [0.2, 0.25) is 0 Å². The van der Waals surface area contributed by atoms with Crippen LogP contribution < -0.4 is 11.1 Å². The third-order valence-electron chi connectivity index (χ3n) is 8.15. The number of hydrogen-bond donors (Lipinski definition) is 2. The first-order chi connectivity index (χ1) is 13.2. The van der Waals surface area contributed by atoms with Gasteiger partial charge < -0.3 is 11.1 Å². The number of anilines is 2. The van der Waals surface area contributed by atoms with Gasteiger partial charge in [-0.3, -0.25) is 4.90 Å². The Morgan fingerprint density at radius 2 is 1.48 bits per heavy atom. The molecular formula is C24H37N3. The number of nitrogens with one attached hydrogen (secondary N) is 1. The predicted octanol–water partition coefficient (Wildman–Crippen LogP) is 5.28. The largest absolute Gasteiger partial charge is 0.397 e. The van der Waals surface area contributed by atoms with Crippen LogP contribution in [0.3, 0.4) is 0 Å². The van der Waals surface area contributed by atoms with Gasteiger partial charge in [0.2, 0.25) is 0 Å². The Bertz CT molecular complexity index is 631. The van der Waals surface area contributed by atoms with Crippen LogP contribution in [0.15, 0.2) is 24.3 Å². The van der Waals surface area contributed by atoms with E-state index in [1.807, 2.05) is 12.1 Å². The molecule has 148 valence electrons. The van der Waals surface area contributed by atoms with Gasteiger partial charge in [-0.25, -0.2) is 0 Å². The molecule has 4 fully saturated rings. The van der Waals surface area contributed by atoms with Crippen LogP contribution in [0, 0.1) is 17.8 Å². The average Bonchev–Trinajstić information content (AvgIpc) is 2.62. The first-order valence-corrected chi connectivity index (χ1v) is 11.5. The SMILES string of the molecule is C[C@@H]1C[C@@H]2C[C@H](Nc3ccccc3N)C[C@H](C1)N2C1CC2CCCC(C2)C1. The number of hydrogen-bond acceptors (Lipinski definition) is 3. The molecule has 2 aliphatic carbocycles. The fourth-order valence-electron chi connectivity index (χ4n) is 7.26. The van der Waals surface area contributed by atoms with E-state index in [4.69, 9.17) is 5.73 Å². The van der Waals surface area contributed by atoms with Gasteiger partial charge in [-0.1, -0.05) is 38.3 Å². The van der Waals surface area contributed by atoms with E-state index in [0.29, 0.717) is 6.04 Å². The Hall–Kier alpha value is -1.22. The maximum atomic E-state index is 6.20. The monoisotopic (exact) mass is 367 g/mol. The van der Waals surface area contributed by atoms with Gasteiger partial charge in [0.15, 0.2) is 0 Å². The van der Waals surface area contributed by atoms with E-state index in [1.165, 1.54) is 64.2 Å². The molecule has 3 nitrogen and oxygen atoms in total. The normalized spacial score (nSPS) is 41.9. The molecule has 0 aromatic heterocycles. The fourth-order valence-corrected chi connectivity index (χ4v) is 7.26. The third kappa shape index (κ3) is 3.60. The Labute approximate surface area is 165 Å². The molecule has 27 heavy (non-hydrogen) atoms. The van der Waals surface area contributed by atoms with E-state index < -0.39 is 0 Å². The lowest BCUT2D eigenvalue weighted by Crippen LogP contribution is -2.61. The molecule has 2 saturated heterocycles. The molecule has 6 atom stereocenters. The van der Waals surface area contributed by atoms with Gasteiger partial charge in [0.25, 0.3) is 0 Å². The van der Waals surface area contributed by atoms with E-state index in [-0.39, 0.29) is 0 Å². The van der Waals surface area contributed by atoms with Crippen LogP contribution in [0.25, 0.3) is 0 Å². The Morgan fingerprint density at radius 3 is 2.15 bits per heavy atom. The van der Waals surface area contributed by atoms with Gasteiger partial charge in [0.05, 0.1) is 11.4 Å². The summed E-state index contributed by atoms with van der Waals surface area (Å²) in [5.74, 6) is 2.95. The van der Waals surface area contributed by atoms with Crippen molar-refractivity contribution in [1.82, 2.24) is 4.90 Å². The van der Waals surface area contributed by atoms with Gasteiger partial charge in [-0.2, -0.15) is 0 Å². The number of nitrogens with two attached hydrogens (primary N) is 1. The second-order valence-electron chi connectivity index (χ2n) is 10.3. The molecule has 1 aromatic rings. The van der Waals surface area contributed by atoms with Crippen LogP contribution in [0.1, 0.15) is 71.1 Å². The molecule has 2 aliphatic heterocycles. The quantitative estimate of drug-likeness (QED) is 0.714. The number of nitrogen functional groups attached to an aromatic ring is 1. The summed E-state index contributed by atoms with van der Waals surface area (Å²) >= 11 is 0. The van der Waals surface area contributed by atoms with E-state index in [1.54, 1.807) is 0 Å². The predicted molar refractivity (Wildman–Crippen MR) is 114 cm³/mol. The van der Waals surface area contributed by atoms with Crippen molar-refractivity contribution in [2.75, 3.05) is 11.1 Å². The minimum absolute atomic E-state index is 0.580. The lowest BCUT2D eigenvalue weighted by atomic mass is 9.67. The summed E-state index contributed by atoms with van der Waals surface area (Å²) in [4.78, 5) is 3.04. The highest BCUT2D eigenvalue weighted by Gasteiger charge is 2.46. The van der Waals surface area contributed by atoms with Gasteiger partial charge in [-0.15, -0.1) is 0 Å². The Balaban J connectivity index is 1.31. The highest BCUT2D eigenvalue weighted by Crippen LogP contribution is 2.47.